The van der Waals surface area contributed by atoms with Gasteiger partial charge in [0.2, 0.25) is 0 Å². The summed E-state index contributed by atoms with van der Waals surface area (Å²) in [7, 11) is 0. The van der Waals surface area contributed by atoms with E-state index in [1.807, 2.05) is 0 Å². The molecule has 3 aromatic carbocycles. The molecule has 0 nitrogen and oxygen atoms in total. The minimum atomic E-state index is 0.131. The van der Waals surface area contributed by atoms with Crippen molar-refractivity contribution in [1.29, 1.82) is 0 Å². The van der Waals surface area contributed by atoms with E-state index in [4.69, 9.17) is 0 Å². The van der Waals surface area contributed by atoms with Crippen LogP contribution in [0.2, 0.25) is 4.27 Å². The minimum absolute atomic E-state index is 0.131. The summed E-state index contributed by atoms with van der Waals surface area (Å²) < 4.78 is 3.29. The zero-order valence-electron chi connectivity index (χ0n) is 17.3. The average Bonchev–Trinajstić information content (AvgIpc) is 2.71. The minimum Gasteiger partial charge on any atom is -0.0616 e. The molecule has 0 bridgehead atoms. The van der Waals surface area contributed by atoms with Crippen LogP contribution in [0.25, 0.3) is 21.5 Å². The fourth-order valence-corrected chi connectivity index (χ4v) is 6.52. The first-order valence-electron chi connectivity index (χ1n) is 10.8. The Balaban J connectivity index is 0.000000195. The summed E-state index contributed by atoms with van der Waals surface area (Å²) in [5.41, 5.74) is 0. The summed E-state index contributed by atoms with van der Waals surface area (Å²) in [5, 5.41) is 5.25. The molecule has 0 saturated heterocycles. The molecule has 0 N–H and O–H groups in total. The average molecular weight is 499 g/mol. The molecule has 3 aromatic rings. The molecule has 0 heterocycles. The quantitative estimate of drug-likeness (QED) is 0.193. The van der Waals surface area contributed by atoms with Gasteiger partial charge < -0.3 is 0 Å². The van der Waals surface area contributed by atoms with E-state index in [1.54, 1.807) is 17.1 Å². The van der Waals surface area contributed by atoms with E-state index in [0.29, 0.717) is 0 Å². The molecule has 1 heteroatoms. The summed E-state index contributed by atoms with van der Waals surface area (Å²) in [6.45, 7) is 4.59. The van der Waals surface area contributed by atoms with E-state index < -0.39 is 0 Å². The van der Waals surface area contributed by atoms with Crippen LogP contribution >= 0.6 is 0 Å². The molecule has 0 amide bonds. The van der Waals surface area contributed by atoms with E-state index in [1.165, 1.54) is 60.1 Å². The van der Waals surface area contributed by atoms with E-state index in [2.05, 4.69) is 74.5 Å². The van der Waals surface area contributed by atoms with Gasteiger partial charge in [-0.05, 0) is 33.7 Å². The number of rotatable bonds is 10. The van der Waals surface area contributed by atoms with Gasteiger partial charge in [-0.2, -0.15) is 0 Å². The predicted octanol–water partition coefficient (Wildman–Crippen LogP) is 9.06. The number of fused-ring (bicyclic) bond motifs is 2. The van der Waals surface area contributed by atoms with Gasteiger partial charge in [0.25, 0.3) is 0 Å². The largest absolute Gasteiger partial charge is 0.0616 e. The Bertz CT molecular complexity index is 647. The molecule has 0 atom stereocenters. The molecule has 0 radical (unpaired) electrons. The molecule has 0 spiro atoms. The van der Waals surface area contributed by atoms with Crippen molar-refractivity contribution in [2.24, 2.45) is 0 Å². The van der Waals surface area contributed by atoms with Crippen molar-refractivity contribution < 1.29 is 36.3 Å². The Labute approximate surface area is 186 Å². The first-order chi connectivity index (χ1) is 13.3. The van der Waals surface area contributed by atoms with Gasteiger partial charge in [0.1, 0.15) is 0 Å². The van der Waals surface area contributed by atoms with Crippen molar-refractivity contribution in [3.8, 4) is 0 Å². The molecule has 0 saturated carbocycles. The fraction of sp³-hybridized carbons (Fsp3) is 0.462. The Morgan fingerprint density at radius 2 is 0.889 bits per heavy atom. The van der Waals surface area contributed by atoms with Crippen LogP contribution in [0.15, 0.2) is 60.7 Å². The summed E-state index contributed by atoms with van der Waals surface area (Å²) in [5.74, 6) is 0. The maximum atomic E-state index is 2.30. The van der Waals surface area contributed by atoms with Gasteiger partial charge in [0, 0.05) is 0 Å². The monoisotopic (exact) mass is 500 g/mol. The van der Waals surface area contributed by atoms with Crippen LogP contribution in [0.4, 0.5) is 0 Å². The molecule has 0 aliphatic heterocycles. The summed E-state index contributed by atoms with van der Waals surface area (Å²) in [6, 6.07) is 21.4. The van der Waals surface area contributed by atoms with E-state index >= 15 is 0 Å². The van der Waals surface area contributed by atoms with Crippen molar-refractivity contribution in [3.05, 3.63) is 60.7 Å². The van der Waals surface area contributed by atoms with Crippen LogP contribution in [0.5, 0.6) is 0 Å². The van der Waals surface area contributed by atoms with Crippen molar-refractivity contribution in [2.75, 3.05) is 0 Å². The van der Waals surface area contributed by atoms with Crippen molar-refractivity contribution in [2.45, 2.75) is 69.5 Å². The maximum Gasteiger partial charge on any atom is -0.0178 e. The topological polar surface area (TPSA) is 0 Å². The van der Waals surface area contributed by atoms with Crippen LogP contribution in [0, 0.1) is 36.3 Å². The van der Waals surface area contributed by atoms with Crippen molar-refractivity contribution in [3.63, 3.8) is 0 Å². The van der Waals surface area contributed by atoms with Gasteiger partial charge in [0.15, 0.2) is 0 Å². The van der Waals surface area contributed by atoms with E-state index in [0.717, 1.165) is 0 Å². The Morgan fingerprint density at radius 3 is 1.22 bits per heavy atom. The van der Waals surface area contributed by atoms with Gasteiger partial charge in [-0.1, -0.05) is 48.5 Å². The third-order valence-electron chi connectivity index (χ3n) is 4.90. The number of hydrogen-bond acceptors (Lipinski definition) is 0. The van der Waals surface area contributed by atoms with Crippen LogP contribution < -0.4 is 0 Å². The third-order valence-corrected chi connectivity index (χ3v) is 8.60. The van der Waals surface area contributed by atoms with Crippen LogP contribution in [0.3, 0.4) is 0 Å². The summed E-state index contributed by atoms with van der Waals surface area (Å²) in [4.78, 5) is 0. The first-order valence-corrected chi connectivity index (χ1v) is 14.5. The Kier molecular flexibility index (Phi) is 12.3. The maximum absolute atomic E-state index is 2.30. The molecular weight excluding hydrogens is 463 g/mol. The number of unbranched alkanes of at least 4 members (excludes halogenated alkanes) is 6. The van der Waals surface area contributed by atoms with Gasteiger partial charge in [-0.15, -0.1) is 0 Å². The fourth-order valence-electron chi connectivity index (χ4n) is 3.25. The smallest absolute Gasteiger partial charge is 0.0178 e. The predicted molar refractivity (Wildman–Crippen MR) is 119 cm³/mol. The number of hydrogen-bond donors (Lipinski definition) is 0. The van der Waals surface area contributed by atoms with Crippen LogP contribution in [0.1, 0.15) is 65.2 Å². The van der Waals surface area contributed by atoms with Gasteiger partial charge in [-0.3, -0.25) is 0 Å². The molecule has 0 aliphatic rings. The molecule has 0 aliphatic carbocycles. The van der Waals surface area contributed by atoms with Gasteiger partial charge in [-0.25, -0.2) is 0 Å². The molecule has 0 unspecified atom stereocenters. The summed E-state index contributed by atoms with van der Waals surface area (Å²) >= 11 is 0.131. The second kappa shape index (κ2) is 14.5. The number of benzene rings is 3. The van der Waals surface area contributed by atoms with E-state index in [-0.39, 0.29) is 36.3 Å². The second-order valence-electron chi connectivity index (χ2n) is 7.28. The van der Waals surface area contributed by atoms with Crippen LogP contribution in [-0.2, 0) is 0 Å². The normalized spacial score (nSPS) is 10.7. The Hall–Kier alpha value is -0.482. The molecule has 0 aromatic heterocycles. The zero-order chi connectivity index (χ0) is 19.2. The van der Waals surface area contributed by atoms with Crippen molar-refractivity contribution in [1.82, 2.24) is 0 Å². The third kappa shape index (κ3) is 9.04. The zero-order valence-corrected chi connectivity index (χ0v) is 19.9. The van der Waals surface area contributed by atoms with Crippen LogP contribution in [-0.4, -0.2) is 0 Å². The molecule has 146 valence electrons. The van der Waals surface area contributed by atoms with Crippen molar-refractivity contribution >= 4 is 21.5 Å². The summed E-state index contributed by atoms with van der Waals surface area (Å²) in [6.07, 6.45) is 11.8. The standard InChI is InChI=1S/C14H10.2C6H13.Sm/c1-2-6-12-10-14-8-4-3-7-13(14)9-11(12)5-1;2*1-3-5-6-4-2;/h1-10H;2*1,3-6H2,2H3;. The molecular formula is C26H36Sm. The second-order valence-corrected chi connectivity index (χ2v) is 11.2. The SMILES string of the molecule is CCCCC[CH2][Sm][CH2]CCCCC.c1ccc2cc3ccccc3cc2c1. The van der Waals surface area contributed by atoms with E-state index in [9.17, 15) is 0 Å². The Morgan fingerprint density at radius 1 is 0.519 bits per heavy atom. The van der Waals surface area contributed by atoms with Gasteiger partial charge in [0.05, 0.1) is 0 Å². The first kappa shape index (κ1) is 22.8. The molecule has 3 rings (SSSR count). The molecule has 0 fully saturated rings. The van der Waals surface area contributed by atoms with Gasteiger partial charge >= 0.3 is 106 Å². The molecule has 27 heavy (non-hydrogen) atoms.